The van der Waals surface area contributed by atoms with Gasteiger partial charge in [-0.3, -0.25) is 4.79 Å². The molecule has 0 saturated heterocycles. The van der Waals surface area contributed by atoms with Crippen molar-refractivity contribution in [2.75, 3.05) is 5.32 Å². The van der Waals surface area contributed by atoms with Crippen molar-refractivity contribution in [1.82, 2.24) is 10.1 Å². The molecule has 3 aromatic carbocycles. The summed E-state index contributed by atoms with van der Waals surface area (Å²) in [6.45, 7) is 1.61. The SMILES string of the molecule is CC(c1ccc(CC(=O)Nc2cc(Cl)c(C3(c4noc(-c5ccc(C#N)cc5)n4)CC3)c(Cl)c2)cc1)[SH](=O)=O. The molecule has 5 rings (SSSR count). The van der Waals surface area contributed by atoms with Gasteiger partial charge in [0.2, 0.25) is 5.91 Å². The van der Waals surface area contributed by atoms with Gasteiger partial charge in [0.25, 0.3) is 5.89 Å². The molecular weight excluding hydrogens is 559 g/mol. The topological polar surface area (TPSA) is 126 Å². The Morgan fingerprint density at radius 1 is 1.10 bits per heavy atom. The molecule has 1 saturated carbocycles. The summed E-state index contributed by atoms with van der Waals surface area (Å²) in [5, 5.41) is 16.2. The normalized spacial score (nSPS) is 14.5. The molecule has 4 aromatic rings. The van der Waals surface area contributed by atoms with Gasteiger partial charge in [0.15, 0.2) is 5.82 Å². The van der Waals surface area contributed by atoms with Crippen LogP contribution in [0.15, 0.2) is 65.2 Å². The van der Waals surface area contributed by atoms with Crippen LogP contribution in [0.4, 0.5) is 5.69 Å². The van der Waals surface area contributed by atoms with Crippen LogP contribution in [-0.2, 0) is 27.3 Å². The molecule has 1 aliphatic rings. The molecular formula is C28H22Cl2N4O4S. The fourth-order valence-electron chi connectivity index (χ4n) is 4.46. The van der Waals surface area contributed by atoms with E-state index in [0.29, 0.717) is 49.7 Å². The highest BCUT2D eigenvalue weighted by atomic mass is 35.5. The second kappa shape index (κ2) is 10.8. The minimum absolute atomic E-state index is 0.0973. The first-order valence-electron chi connectivity index (χ1n) is 12.1. The first kappa shape index (κ1) is 26.9. The second-order valence-electron chi connectivity index (χ2n) is 9.44. The van der Waals surface area contributed by atoms with E-state index >= 15 is 0 Å². The maximum atomic E-state index is 12.7. The molecule has 8 nitrogen and oxygen atoms in total. The molecule has 0 spiro atoms. The van der Waals surface area contributed by atoms with E-state index in [-0.39, 0.29) is 12.3 Å². The lowest BCUT2D eigenvalue weighted by Gasteiger charge is -2.17. The van der Waals surface area contributed by atoms with E-state index in [9.17, 15) is 13.2 Å². The third kappa shape index (κ3) is 5.55. The lowest BCUT2D eigenvalue weighted by Crippen LogP contribution is -2.16. The van der Waals surface area contributed by atoms with Gasteiger partial charge in [-0.05, 0) is 67.3 Å². The van der Waals surface area contributed by atoms with E-state index < -0.39 is 21.4 Å². The number of nitriles is 1. The van der Waals surface area contributed by atoms with Crippen molar-refractivity contribution < 1.29 is 17.7 Å². The van der Waals surface area contributed by atoms with Gasteiger partial charge in [0.05, 0.1) is 28.7 Å². The van der Waals surface area contributed by atoms with Crippen LogP contribution in [0.1, 0.15) is 53.1 Å². The zero-order valence-corrected chi connectivity index (χ0v) is 23.1. The summed E-state index contributed by atoms with van der Waals surface area (Å²) in [5.74, 6) is 0.542. The first-order chi connectivity index (χ1) is 18.7. The highest BCUT2D eigenvalue weighted by Crippen LogP contribution is 2.57. The quantitative estimate of drug-likeness (QED) is 0.250. The van der Waals surface area contributed by atoms with E-state index in [4.69, 9.17) is 33.0 Å². The summed E-state index contributed by atoms with van der Waals surface area (Å²) < 4.78 is 27.9. The molecule has 1 unspecified atom stereocenters. The molecule has 0 bridgehead atoms. The van der Waals surface area contributed by atoms with Gasteiger partial charge in [0.1, 0.15) is 10.7 Å². The lowest BCUT2D eigenvalue weighted by atomic mass is 9.94. The Labute approximate surface area is 236 Å². The number of amides is 1. The number of carbonyl (C=O) groups is 1. The van der Waals surface area contributed by atoms with Gasteiger partial charge in [0, 0.05) is 26.9 Å². The summed E-state index contributed by atoms with van der Waals surface area (Å²) >= 11 is 13.4. The number of hydrogen-bond acceptors (Lipinski definition) is 7. The number of thiol groups is 1. The van der Waals surface area contributed by atoms with E-state index in [1.165, 1.54) is 0 Å². The Bertz CT molecular complexity index is 1640. The second-order valence-corrected chi connectivity index (χ2v) is 11.6. The van der Waals surface area contributed by atoms with Gasteiger partial charge in [-0.1, -0.05) is 52.6 Å². The molecule has 0 radical (unpaired) electrons. The Kier molecular flexibility index (Phi) is 7.45. The summed E-state index contributed by atoms with van der Waals surface area (Å²) in [6, 6.07) is 19.1. The fraction of sp³-hybridized carbons (Fsp3) is 0.214. The van der Waals surface area contributed by atoms with E-state index in [2.05, 4.69) is 21.5 Å². The smallest absolute Gasteiger partial charge is 0.257 e. The molecule has 198 valence electrons. The maximum Gasteiger partial charge on any atom is 0.257 e. The van der Waals surface area contributed by atoms with Crippen molar-refractivity contribution in [3.63, 3.8) is 0 Å². The molecule has 1 N–H and O–H groups in total. The fourth-order valence-corrected chi connectivity index (χ4v) is 5.73. The zero-order chi connectivity index (χ0) is 27.7. The summed E-state index contributed by atoms with van der Waals surface area (Å²) in [6.07, 6.45) is 1.57. The van der Waals surface area contributed by atoms with Crippen molar-refractivity contribution in [3.8, 4) is 17.5 Å². The molecule has 11 heteroatoms. The standard InChI is InChI=1S/C28H22Cl2N4O4S/c1-16(39(36)37)19-6-2-17(3-7-19)12-24(35)32-21-13-22(29)25(23(30)14-21)28(10-11-28)27-33-26(38-34-27)20-8-4-18(15-31)5-9-20/h2-9,13-14,16,39H,10-12H2,1H3,(H,32,35). The van der Waals surface area contributed by atoms with Crippen LogP contribution in [0.5, 0.6) is 0 Å². The number of hydrogen-bond donors (Lipinski definition) is 2. The van der Waals surface area contributed by atoms with Crippen molar-refractivity contribution >= 4 is 45.5 Å². The molecule has 1 fully saturated rings. The largest absolute Gasteiger partial charge is 0.334 e. The van der Waals surface area contributed by atoms with Crippen molar-refractivity contribution in [1.29, 1.82) is 5.26 Å². The minimum Gasteiger partial charge on any atom is -0.334 e. The number of benzene rings is 3. The van der Waals surface area contributed by atoms with Gasteiger partial charge in [-0.15, -0.1) is 0 Å². The number of aromatic nitrogens is 2. The average molecular weight is 581 g/mol. The molecule has 1 heterocycles. The predicted molar refractivity (Wildman–Crippen MR) is 148 cm³/mol. The van der Waals surface area contributed by atoms with Gasteiger partial charge >= 0.3 is 0 Å². The van der Waals surface area contributed by atoms with Crippen molar-refractivity contribution in [3.05, 3.63) is 98.8 Å². The lowest BCUT2D eigenvalue weighted by molar-refractivity contribution is -0.115. The van der Waals surface area contributed by atoms with Crippen LogP contribution in [0.3, 0.4) is 0 Å². The summed E-state index contributed by atoms with van der Waals surface area (Å²) in [4.78, 5) is 17.3. The molecule has 1 aliphatic carbocycles. The van der Waals surface area contributed by atoms with Crippen LogP contribution in [-0.4, -0.2) is 24.5 Å². The molecule has 39 heavy (non-hydrogen) atoms. The Hall–Kier alpha value is -3.71. The number of rotatable bonds is 8. The van der Waals surface area contributed by atoms with Gasteiger partial charge in [-0.25, -0.2) is 8.42 Å². The van der Waals surface area contributed by atoms with Crippen LogP contribution >= 0.6 is 23.2 Å². The van der Waals surface area contributed by atoms with Gasteiger partial charge < -0.3 is 9.84 Å². The molecule has 1 aromatic heterocycles. The number of nitrogens with one attached hydrogen (secondary N) is 1. The number of carbonyl (C=O) groups excluding carboxylic acids is 1. The van der Waals surface area contributed by atoms with Crippen LogP contribution in [0.25, 0.3) is 11.5 Å². The third-order valence-electron chi connectivity index (χ3n) is 6.81. The van der Waals surface area contributed by atoms with Crippen LogP contribution in [0, 0.1) is 11.3 Å². The van der Waals surface area contributed by atoms with Gasteiger partial charge in [-0.2, -0.15) is 10.2 Å². The van der Waals surface area contributed by atoms with Crippen molar-refractivity contribution in [2.24, 2.45) is 0 Å². The Balaban J connectivity index is 1.31. The molecule has 1 atom stereocenters. The predicted octanol–water partition coefficient (Wildman–Crippen LogP) is 5.85. The van der Waals surface area contributed by atoms with Crippen molar-refractivity contribution in [2.45, 2.75) is 36.9 Å². The Morgan fingerprint density at radius 2 is 1.74 bits per heavy atom. The maximum absolute atomic E-state index is 12.7. The average Bonchev–Trinajstić information content (AvgIpc) is 3.54. The molecule has 0 aliphatic heterocycles. The minimum atomic E-state index is -2.56. The summed E-state index contributed by atoms with van der Waals surface area (Å²) in [5.41, 5.74) is 3.19. The number of anilines is 1. The number of halogens is 2. The van der Waals surface area contributed by atoms with Crippen LogP contribution < -0.4 is 5.32 Å². The highest BCUT2D eigenvalue weighted by molar-refractivity contribution is 7.72. The molecule has 1 amide bonds. The van der Waals surface area contributed by atoms with E-state index in [1.54, 1.807) is 67.6 Å². The van der Waals surface area contributed by atoms with Crippen LogP contribution in [0.2, 0.25) is 10.0 Å². The monoisotopic (exact) mass is 580 g/mol. The zero-order valence-electron chi connectivity index (χ0n) is 20.6. The third-order valence-corrected chi connectivity index (χ3v) is 8.34. The number of nitrogens with zero attached hydrogens (tertiary/aromatic N) is 3. The summed E-state index contributed by atoms with van der Waals surface area (Å²) in [7, 11) is -2.56. The highest BCUT2D eigenvalue weighted by Gasteiger charge is 2.52. The van der Waals surface area contributed by atoms with E-state index in [1.807, 2.05) is 0 Å². The Morgan fingerprint density at radius 3 is 2.31 bits per heavy atom. The van der Waals surface area contributed by atoms with E-state index in [0.717, 1.165) is 18.4 Å². The first-order valence-corrected chi connectivity index (χ1v) is 14.1.